The molecule has 0 N–H and O–H groups in total. The van der Waals surface area contributed by atoms with Crippen molar-refractivity contribution in [3.8, 4) is 11.5 Å². The van der Waals surface area contributed by atoms with Crippen LogP contribution >= 0.6 is 0 Å². The molecule has 0 radical (unpaired) electrons. The molecule has 8 nitrogen and oxygen atoms in total. The van der Waals surface area contributed by atoms with E-state index in [9.17, 15) is 4.79 Å². The standard InChI is InChI=1S/C19H19N5O3/c1-11(2)24-14-6-4-3-5-13(14)23-10-20-15(16(23)19(24)25)17-21-18(27-22-17)12-7-8-26-9-12/h3-6,10-12H,7-9H2,1-2H3. The third-order valence-electron chi connectivity index (χ3n) is 5.04. The van der Waals surface area contributed by atoms with E-state index in [1.54, 1.807) is 15.3 Å². The van der Waals surface area contributed by atoms with Crippen LogP contribution in [0.4, 0.5) is 0 Å². The monoisotopic (exact) mass is 365 g/mol. The number of rotatable bonds is 3. The lowest BCUT2D eigenvalue weighted by molar-refractivity contribution is 0.189. The van der Waals surface area contributed by atoms with E-state index in [1.165, 1.54) is 0 Å². The van der Waals surface area contributed by atoms with Crippen molar-refractivity contribution in [1.29, 1.82) is 0 Å². The summed E-state index contributed by atoms with van der Waals surface area (Å²) in [7, 11) is 0. The van der Waals surface area contributed by atoms with E-state index in [0.29, 0.717) is 36.1 Å². The SMILES string of the molecule is CC(C)n1c(=O)c2c(-c3noc(C4CCOC4)n3)ncn2c2ccccc21. The van der Waals surface area contributed by atoms with Gasteiger partial charge in [-0.15, -0.1) is 0 Å². The van der Waals surface area contributed by atoms with Gasteiger partial charge >= 0.3 is 0 Å². The Hall–Kier alpha value is -3.00. The highest BCUT2D eigenvalue weighted by Crippen LogP contribution is 2.27. The zero-order chi connectivity index (χ0) is 18.5. The molecule has 0 bridgehead atoms. The van der Waals surface area contributed by atoms with E-state index < -0.39 is 0 Å². The van der Waals surface area contributed by atoms with E-state index in [4.69, 9.17) is 9.26 Å². The summed E-state index contributed by atoms with van der Waals surface area (Å²) in [5.74, 6) is 0.976. The topological polar surface area (TPSA) is 87.5 Å². The summed E-state index contributed by atoms with van der Waals surface area (Å²) in [6.45, 7) is 5.26. The minimum Gasteiger partial charge on any atom is -0.381 e. The quantitative estimate of drug-likeness (QED) is 0.555. The number of imidazole rings is 1. The van der Waals surface area contributed by atoms with Gasteiger partial charge in [-0.1, -0.05) is 17.3 Å². The minimum atomic E-state index is -0.119. The van der Waals surface area contributed by atoms with Crippen molar-refractivity contribution in [2.24, 2.45) is 0 Å². The van der Waals surface area contributed by atoms with Crippen molar-refractivity contribution in [2.45, 2.75) is 32.2 Å². The molecular formula is C19H19N5O3. The summed E-state index contributed by atoms with van der Waals surface area (Å²) in [4.78, 5) is 22.2. The fraction of sp³-hybridized carbons (Fsp3) is 0.368. The van der Waals surface area contributed by atoms with Gasteiger partial charge in [0.1, 0.15) is 17.5 Å². The van der Waals surface area contributed by atoms with E-state index in [-0.39, 0.29) is 17.5 Å². The van der Waals surface area contributed by atoms with Crippen molar-refractivity contribution in [2.75, 3.05) is 13.2 Å². The average Bonchev–Trinajstić information content (AvgIpc) is 3.40. The summed E-state index contributed by atoms with van der Waals surface area (Å²) >= 11 is 0. The van der Waals surface area contributed by atoms with Crippen LogP contribution < -0.4 is 5.56 Å². The van der Waals surface area contributed by atoms with Crippen LogP contribution in [0.25, 0.3) is 28.1 Å². The number of hydrogen-bond donors (Lipinski definition) is 0. The first-order chi connectivity index (χ1) is 13.1. The van der Waals surface area contributed by atoms with Crippen LogP contribution in [0.5, 0.6) is 0 Å². The Morgan fingerprint density at radius 2 is 2.04 bits per heavy atom. The number of benzene rings is 1. The maximum Gasteiger partial charge on any atom is 0.278 e. The fourth-order valence-electron chi connectivity index (χ4n) is 3.73. The van der Waals surface area contributed by atoms with E-state index in [1.807, 2.05) is 38.1 Å². The Balaban J connectivity index is 1.76. The molecule has 4 heterocycles. The molecule has 3 aromatic heterocycles. The third-order valence-corrected chi connectivity index (χ3v) is 5.04. The zero-order valence-electron chi connectivity index (χ0n) is 15.1. The summed E-state index contributed by atoms with van der Waals surface area (Å²) in [6.07, 6.45) is 2.50. The molecule has 1 saturated heterocycles. The van der Waals surface area contributed by atoms with Crippen LogP contribution in [0.1, 0.15) is 38.1 Å². The fourth-order valence-corrected chi connectivity index (χ4v) is 3.73. The molecule has 1 unspecified atom stereocenters. The van der Waals surface area contributed by atoms with Crippen LogP contribution in [0, 0.1) is 0 Å². The van der Waals surface area contributed by atoms with Gasteiger partial charge in [-0.05, 0) is 32.4 Å². The van der Waals surface area contributed by atoms with E-state index in [0.717, 1.165) is 17.5 Å². The van der Waals surface area contributed by atoms with Gasteiger partial charge in [0.2, 0.25) is 11.7 Å². The van der Waals surface area contributed by atoms with Crippen LogP contribution in [0.2, 0.25) is 0 Å². The van der Waals surface area contributed by atoms with Gasteiger partial charge in [-0.3, -0.25) is 9.20 Å². The summed E-state index contributed by atoms with van der Waals surface area (Å²) in [6, 6.07) is 7.81. The van der Waals surface area contributed by atoms with Crippen molar-refractivity contribution < 1.29 is 9.26 Å². The Morgan fingerprint density at radius 1 is 1.22 bits per heavy atom. The highest BCUT2D eigenvalue weighted by Gasteiger charge is 2.26. The first-order valence-corrected chi connectivity index (χ1v) is 9.07. The predicted octanol–water partition coefficient (Wildman–Crippen LogP) is 2.78. The number of aromatic nitrogens is 5. The lowest BCUT2D eigenvalue weighted by atomic mass is 10.1. The molecule has 5 rings (SSSR count). The molecule has 1 atom stereocenters. The Labute approximate surface area is 154 Å². The molecule has 0 amide bonds. The maximum absolute atomic E-state index is 13.3. The first-order valence-electron chi connectivity index (χ1n) is 9.07. The predicted molar refractivity (Wildman–Crippen MR) is 98.8 cm³/mol. The molecule has 0 spiro atoms. The molecule has 0 aliphatic carbocycles. The van der Waals surface area contributed by atoms with Gasteiger partial charge in [-0.25, -0.2) is 4.98 Å². The number of para-hydroxylation sites is 2. The molecule has 1 aliphatic heterocycles. The van der Waals surface area contributed by atoms with Crippen LogP contribution in [-0.4, -0.2) is 37.3 Å². The highest BCUT2D eigenvalue weighted by molar-refractivity contribution is 5.83. The molecule has 8 heteroatoms. The van der Waals surface area contributed by atoms with Gasteiger partial charge in [0.15, 0.2) is 0 Å². The number of hydrogen-bond acceptors (Lipinski definition) is 6. The second kappa shape index (κ2) is 6.02. The average molecular weight is 365 g/mol. The molecule has 1 aliphatic rings. The van der Waals surface area contributed by atoms with Crippen LogP contribution in [-0.2, 0) is 4.74 Å². The zero-order valence-corrected chi connectivity index (χ0v) is 15.1. The highest BCUT2D eigenvalue weighted by atomic mass is 16.5. The number of ether oxygens (including phenoxy) is 1. The molecule has 27 heavy (non-hydrogen) atoms. The first kappa shape index (κ1) is 16.2. The van der Waals surface area contributed by atoms with Crippen molar-refractivity contribution in [1.82, 2.24) is 24.1 Å². The van der Waals surface area contributed by atoms with Crippen molar-refractivity contribution >= 4 is 16.6 Å². The summed E-state index contributed by atoms with van der Waals surface area (Å²) in [5.41, 5.74) is 2.55. The number of fused-ring (bicyclic) bond motifs is 3. The Morgan fingerprint density at radius 3 is 2.78 bits per heavy atom. The summed E-state index contributed by atoms with van der Waals surface area (Å²) < 4.78 is 14.4. The van der Waals surface area contributed by atoms with Crippen LogP contribution in [0.3, 0.4) is 0 Å². The van der Waals surface area contributed by atoms with Gasteiger partial charge in [0, 0.05) is 12.6 Å². The molecule has 0 saturated carbocycles. The maximum atomic E-state index is 13.3. The van der Waals surface area contributed by atoms with Crippen LogP contribution in [0.15, 0.2) is 39.9 Å². The van der Waals surface area contributed by atoms with Gasteiger partial charge in [0.25, 0.3) is 5.56 Å². The third kappa shape index (κ3) is 2.40. The molecular weight excluding hydrogens is 346 g/mol. The smallest absolute Gasteiger partial charge is 0.278 e. The normalized spacial score (nSPS) is 17.5. The Kier molecular flexibility index (Phi) is 3.61. The molecule has 138 valence electrons. The van der Waals surface area contributed by atoms with Crippen molar-refractivity contribution in [3.63, 3.8) is 0 Å². The molecule has 1 fully saturated rings. The Bertz CT molecular complexity index is 1200. The van der Waals surface area contributed by atoms with Gasteiger partial charge in [0.05, 0.1) is 23.6 Å². The van der Waals surface area contributed by atoms with Gasteiger partial charge < -0.3 is 13.8 Å². The lowest BCUT2D eigenvalue weighted by Gasteiger charge is -2.15. The molecule has 4 aromatic rings. The second-order valence-corrected chi connectivity index (χ2v) is 7.09. The largest absolute Gasteiger partial charge is 0.381 e. The second-order valence-electron chi connectivity index (χ2n) is 7.09. The van der Waals surface area contributed by atoms with E-state index >= 15 is 0 Å². The minimum absolute atomic E-state index is 0.00613. The number of nitrogens with zero attached hydrogens (tertiary/aromatic N) is 5. The van der Waals surface area contributed by atoms with Crippen molar-refractivity contribution in [3.05, 3.63) is 46.8 Å². The van der Waals surface area contributed by atoms with Gasteiger partial charge in [-0.2, -0.15) is 4.98 Å². The lowest BCUT2D eigenvalue weighted by Crippen LogP contribution is -2.24. The van der Waals surface area contributed by atoms with E-state index in [2.05, 4.69) is 15.1 Å². The molecule has 1 aromatic carbocycles. The summed E-state index contributed by atoms with van der Waals surface area (Å²) in [5, 5.41) is 4.08.